The number of para-hydroxylation sites is 2. The lowest BCUT2D eigenvalue weighted by Gasteiger charge is -2.37. The number of ketones is 1. The Balaban J connectivity index is 1.41. The number of carbonyl (C=O) groups excluding carboxylic acids is 1. The van der Waals surface area contributed by atoms with Crippen molar-refractivity contribution in [1.82, 2.24) is 15.0 Å². The second kappa shape index (κ2) is 7.39. The molecule has 0 saturated carbocycles. The van der Waals surface area contributed by atoms with Gasteiger partial charge in [-0.25, -0.2) is 9.78 Å². The highest BCUT2D eigenvalue weighted by atomic mass is 32.2. The minimum atomic E-state index is -1.06. The molecular weight excluding hydrogens is 452 g/mol. The van der Waals surface area contributed by atoms with Crippen molar-refractivity contribution in [2.75, 3.05) is 5.32 Å². The fourth-order valence-electron chi connectivity index (χ4n) is 4.97. The molecule has 0 bridgehead atoms. The number of aromatic amines is 2. The van der Waals surface area contributed by atoms with Crippen molar-refractivity contribution in [1.29, 1.82) is 0 Å². The van der Waals surface area contributed by atoms with E-state index in [4.69, 9.17) is 4.42 Å². The first-order chi connectivity index (χ1) is 16.3. The minimum absolute atomic E-state index is 0.0513. The molecule has 1 aliphatic carbocycles. The van der Waals surface area contributed by atoms with Crippen LogP contribution in [0.15, 0.2) is 68.5 Å². The van der Waals surface area contributed by atoms with E-state index in [1.165, 1.54) is 11.8 Å². The number of imidazole rings is 1. The molecule has 9 heteroatoms. The van der Waals surface area contributed by atoms with E-state index in [2.05, 4.69) is 20.3 Å². The molecule has 1 unspecified atom stereocenters. The Bertz CT molecular complexity index is 1470. The molecule has 1 atom stereocenters. The van der Waals surface area contributed by atoms with Gasteiger partial charge in [0.2, 0.25) is 0 Å². The predicted octanol–water partition coefficient (Wildman–Crippen LogP) is 5.53. The van der Waals surface area contributed by atoms with Crippen molar-refractivity contribution in [3.63, 3.8) is 0 Å². The van der Waals surface area contributed by atoms with Crippen LogP contribution in [0.3, 0.4) is 0 Å². The number of carboxylic acids is 1. The average Bonchev–Trinajstić information content (AvgIpc) is 3.49. The van der Waals surface area contributed by atoms with Crippen molar-refractivity contribution in [3.8, 4) is 0 Å². The van der Waals surface area contributed by atoms with Gasteiger partial charge >= 0.3 is 5.97 Å². The number of carbonyl (C=O) groups is 2. The van der Waals surface area contributed by atoms with Crippen LogP contribution >= 0.6 is 11.8 Å². The van der Waals surface area contributed by atoms with E-state index in [9.17, 15) is 14.7 Å². The molecule has 0 amide bonds. The number of nitrogens with one attached hydrogen (secondary N) is 3. The topological polar surface area (TPSA) is 124 Å². The van der Waals surface area contributed by atoms with Gasteiger partial charge in [-0.3, -0.25) is 4.79 Å². The van der Waals surface area contributed by atoms with Crippen molar-refractivity contribution in [2.24, 2.45) is 5.41 Å². The number of nitrogens with zero attached hydrogens (tertiary/aromatic N) is 1. The lowest BCUT2D eigenvalue weighted by atomic mass is 9.70. The van der Waals surface area contributed by atoms with E-state index in [0.717, 1.165) is 16.7 Å². The van der Waals surface area contributed by atoms with Gasteiger partial charge in [-0.15, -0.1) is 0 Å². The zero-order valence-corrected chi connectivity index (χ0v) is 19.4. The number of carboxylic acid groups (broad SMARTS) is 1. The fraction of sp³-hybridized carbons (Fsp3) is 0.240. The Hall–Kier alpha value is -3.72. The molecule has 34 heavy (non-hydrogen) atoms. The zero-order valence-electron chi connectivity index (χ0n) is 18.6. The number of rotatable bonds is 4. The Morgan fingerprint density at radius 3 is 2.82 bits per heavy atom. The van der Waals surface area contributed by atoms with E-state index in [-0.39, 0.29) is 16.9 Å². The molecule has 0 radical (unpaired) electrons. The van der Waals surface area contributed by atoms with E-state index in [1.54, 1.807) is 6.20 Å². The fourth-order valence-corrected chi connectivity index (χ4v) is 5.74. The normalized spacial score (nSPS) is 19.1. The zero-order chi connectivity index (χ0) is 23.6. The first-order valence-corrected chi connectivity index (χ1v) is 11.8. The summed E-state index contributed by atoms with van der Waals surface area (Å²) in [5, 5.41) is 14.3. The van der Waals surface area contributed by atoms with Crippen LogP contribution < -0.4 is 5.32 Å². The van der Waals surface area contributed by atoms with Crippen LogP contribution in [0, 0.1) is 5.41 Å². The minimum Gasteiger partial charge on any atom is -0.477 e. The first kappa shape index (κ1) is 20.9. The maximum absolute atomic E-state index is 13.3. The molecule has 4 N–H and O–H groups in total. The van der Waals surface area contributed by atoms with Crippen LogP contribution in [-0.4, -0.2) is 31.8 Å². The number of aromatic nitrogens is 3. The molecule has 3 aromatic heterocycles. The number of hydrogen-bond donors (Lipinski definition) is 4. The Kier molecular flexibility index (Phi) is 4.54. The van der Waals surface area contributed by atoms with Gasteiger partial charge in [0, 0.05) is 29.5 Å². The van der Waals surface area contributed by atoms with Gasteiger partial charge in [0.15, 0.2) is 16.0 Å². The van der Waals surface area contributed by atoms with Gasteiger partial charge in [-0.1, -0.05) is 26.0 Å². The third-order valence-corrected chi connectivity index (χ3v) is 7.18. The molecule has 1 aliphatic heterocycles. The Labute approximate surface area is 198 Å². The SMILES string of the molecule is CC1(C)CC(=O)C2=C(C1)Nc1c(c[nH]c1C(=O)O)C2c1ccc(Sc2nc3ccccc3[nH]2)o1. The molecule has 0 saturated heterocycles. The number of allylic oxidation sites excluding steroid dienone is 2. The number of H-pyrrole nitrogens is 2. The highest BCUT2D eigenvalue weighted by molar-refractivity contribution is 7.99. The smallest absolute Gasteiger partial charge is 0.354 e. The molecule has 1 aromatic carbocycles. The maximum Gasteiger partial charge on any atom is 0.354 e. The highest BCUT2D eigenvalue weighted by Gasteiger charge is 2.43. The summed E-state index contributed by atoms with van der Waals surface area (Å²) in [5.74, 6) is -0.893. The van der Waals surface area contributed by atoms with Crippen LogP contribution in [0.2, 0.25) is 0 Å². The van der Waals surface area contributed by atoms with Crippen molar-refractivity contribution >= 4 is 40.2 Å². The van der Waals surface area contributed by atoms with Gasteiger partial charge in [0.25, 0.3) is 0 Å². The number of Topliss-reactive ketones (excluding diaryl/α,β-unsaturated/α-hetero) is 1. The predicted molar refractivity (Wildman–Crippen MR) is 127 cm³/mol. The molecule has 0 fully saturated rings. The number of anilines is 1. The van der Waals surface area contributed by atoms with E-state index < -0.39 is 11.9 Å². The van der Waals surface area contributed by atoms with Gasteiger partial charge in [-0.2, -0.15) is 0 Å². The quantitative estimate of drug-likeness (QED) is 0.306. The molecule has 172 valence electrons. The van der Waals surface area contributed by atoms with E-state index >= 15 is 0 Å². The molecule has 4 heterocycles. The summed E-state index contributed by atoms with van der Waals surface area (Å²) in [7, 11) is 0. The number of benzene rings is 1. The van der Waals surface area contributed by atoms with Crippen molar-refractivity contribution in [3.05, 3.63) is 70.9 Å². The highest BCUT2D eigenvalue weighted by Crippen LogP contribution is 2.50. The van der Waals surface area contributed by atoms with Crippen LogP contribution in [0.1, 0.15) is 54.4 Å². The third-order valence-electron chi connectivity index (χ3n) is 6.37. The van der Waals surface area contributed by atoms with E-state index in [0.29, 0.717) is 45.7 Å². The van der Waals surface area contributed by atoms with Crippen LogP contribution in [0.5, 0.6) is 0 Å². The summed E-state index contributed by atoms with van der Waals surface area (Å²) in [5.41, 5.74) is 4.28. The summed E-state index contributed by atoms with van der Waals surface area (Å²) >= 11 is 1.37. The lowest BCUT2D eigenvalue weighted by Crippen LogP contribution is -2.33. The van der Waals surface area contributed by atoms with Gasteiger partial charge in [0.05, 0.1) is 22.6 Å². The van der Waals surface area contributed by atoms with Gasteiger partial charge in [0.1, 0.15) is 11.5 Å². The number of hydrogen-bond acceptors (Lipinski definition) is 6. The molecule has 2 aliphatic rings. The third kappa shape index (κ3) is 3.35. The summed E-state index contributed by atoms with van der Waals surface area (Å²) in [4.78, 5) is 35.8. The van der Waals surface area contributed by atoms with Crippen molar-refractivity contribution in [2.45, 2.75) is 42.9 Å². The number of furan rings is 1. The summed E-state index contributed by atoms with van der Waals surface area (Å²) in [6.07, 6.45) is 2.73. The molecule has 4 aromatic rings. The maximum atomic E-state index is 13.3. The van der Waals surface area contributed by atoms with E-state index in [1.807, 2.05) is 50.2 Å². The molecular formula is C25H22N4O4S. The average molecular weight is 475 g/mol. The summed E-state index contributed by atoms with van der Waals surface area (Å²) < 4.78 is 6.23. The molecule has 6 rings (SSSR count). The molecule has 0 spiro atoms. The van der Waals surface area contributed by atoms with Crippen molar-refractivity contribution < 1.29 is 19.1 Å². The summed E-state index contributed by atoms with van der Waals surface area (Å²) in [6.45, 7) is 4.09. The van der Waals surface area contributed by atoms with Crippen LogP contribution in [0.4, 0.5) is 5.69 Å². The Morgan fingerprint density at radius 2 is 2.03 bits per heavy atom. The first-order valence-electron chi connectivity index (χ1n) is 11.0. The van der Waals surface area contributed by atoms with Gasteiger partial charge in [-0.05, 0) is 47.9 Å². The second-order valence-electron chi connectivity index (χ2n) is 9.51. The lowest BCUT2D eigenvalue weighted by molar-refractivity contribution is -0.118. The van der Waals surface area contributed by atoms with Crippen LogP contribution in [-0.2, 0) is 4.79 Å². The monoisotopic (exact) mass is 474 g/mol. The standard InChI is InChI=1S/C25H22N4O4S/c1-25(2)9-15-20(16(30)10-25)19(12-11-26-22(23(31)32)21(12)27-15)17-7-8-18(33-17)34-24-28-13-5-3-4-6-14(13)29-24/h3-8,11,19,26-27H,9-10H2,1-2H3,(H,28,29)(H,31,32). The number of aromatic carboxylic acids is 1. The van der Waals surface area contributed by atoms with Gasteiger partial charge < -0.3 is 24.8 Å². The molecule has 8 nitrogen and oxygen atoms in total. The number of fused-ring (bicyclic) bond motifs is 2. The Morgan fingerprint density at radius 1 is 1.21 bits per heavy atom. The second-order valence-corrected chi connectivity index (χ2v) is 10.5. The largest absolute Gasteiger partial charge is 0.477 e. The summed E-state index contributed by atoms with van der Waals surface area (Å²) in [6, 6.07) is 11.5. The van der Waals surface area contributed by atoms with Crippen LogP contribution in [0.25, 0.3) is 11.0 Å².